The van der Waals surface area contributed by atoms with Gasteiger partial charge in [-0.05, 0) is 31.2 Å². The first-order valence-electron chi connectivity index (χ1n) is 7.01. The van der Waals surface area contributed by atoms with E-state index < -0.39 is 0 Å². The summed E-state index contributed by atoms with van der Waals surface area (Å²) in [5.74, 6) is -0.347. The van der Waals surface area contributed by atoms with Crippen LogP contribution >= 0.6 is 11.6 Å². The highest BCUT2D eigenvalue weighted by atomic mass is 35.5. The van der Waals surface area contributed by atoms with Crippen molar-refractivity contribution in [3.05, 3.63) is 34.9 Å². The Kier molecular flexibility index (Phi) is 5.91. The molecule has 1 aromatic rings. The van der Waals surface area contributed by atoms with Crippen molar-refractivity contribution in [1.29, 1.82) is 0 Å². The normalized spacial score (nSPS) is 15.5. The second-order valence-corrected chi connectivity index (χ2v) is 5.40. The predicted octanol–water partition coefficient (Wildman–Crippen LogP) is 1.69. The van der Waals surface area contributed by atoms with E-state index in [1.807, 2.05) is 0 Å². The summed E-state index contributed by atoms with van der Waals surface area (Å²) < 4.78 is 5.20. The van der Waals surface area contributed by atoms with Crippen molar-refractivity contribution in [3.8, 4) is 0 Å². The molecule has 6 nitrogen and oxygen atoms in total. The number of nitrogens with zero attached hydrogens (tertiary/aromatic N) is 2. The lowest BCUT2D eigenvalue weighted by atomic mass is 10.2. The van der Waals surface area contributed by atoms with Crippen molar-refractivity contribution in [2.24, 2.45) is 5.10 Å². The first-order chi connectivity index (χ1) is 10.6. The number of carbonyl (C=O) groups is 2. The Labute approximate surface area is 134 Å². The Morgan fingerprint density at radius 2 is 1.91 bits per heavy atom. The zero-order valence-electron chi connectivity index (χ0n) is 12.3. The molecule has 0 radical (unpaired) electrons. The van der Waals surface area contributed by atoms with Gasteiger partial charge in [0.1, 0.15) is 0 Å². The number of carbonyl (C=O) groups excluding carboxylic acids is 2. The van der Waals surface area contributed by atoms with Crippen molar-refractivity contribution in [1.82, 2.24) is 10.3 Å². The molecule has 0 spiro atoms. The molecule has 1 aliphatic rings. The van der Waals surface area contributed by atoms with E-state index in [1.165, 1.54) is 0 Å². The predicted molar refractivity (Wildman–Crippen MR) is 84.0 cm³/mol. The molecule has 0 saturated carbocycles. The monoisotopic (exact) mass is 323 g/mol. The van der Waals surface area contributed by atoms with Crippen molar-refractivity contribution >= 4 is 29.1 Å². The molecule has 1 saturated heterocycles. The van der Waals surface area contributed by atoms with Crippen LogP contribution in [-0.4, -0.2) is 48.7 Å². The lowest BCUT2D eigenvalue weighted by Gasteiger charge is -2.26. The van der Waals surface area contributed by atoms with E-state index in [9.17, 15) is 9.59 Å². The third-order valence-corrected chi connectivity index (χ3v) is 3.48. The number of nitrogens with one attached hydrogen (secondary N) is 1. The maximum Gasteiger partial charge on any atom is 0.271 e. The fraction of sp³-hybridized carbons (Fsp3) is 0.400. The number of morpholine rings is 1. The summed E-state index contributed by atoms with van der Waals surface area (Å²) in [6, 6.07) is 6.49. The van der Waals surface area contributed by atoms with Crippen LogP contribution in [0.3, 0.4) is 0 Å². The molecule has 1 aliphatic heterocycles. The summed E-state index contributed by atoms with van der Waals surface area (Å²) in [5.41, 5.74) is 3.45. The van der Waals surface area contributed by atoms with Gasteiger partial charge < -0.3 is 9.64 Å². The van der Waals surface area contributed by atoms with Crippen LogP contribution in [0.1, 0.15) is 23.7 Å². The smallest absolute Gasteiger partial charge is 0.271 e. The van der Waals surface area contributed by atoms with Gasteiger partial charge >= 0.3 is 0 Å². The molecule has 0 unspecified atom stereocenters. The number of halogens is 1. The fourth-order valence-electron chi connectivity index (χ4n) is 1.99. The van der Waals surface area contributed by atoms with Gasteiger partial charge in [-0.3, -0.25) is 9.59 Å². The average molecular weight is 324 g/mol. The van der Waals surface area contributed by atoms with Crippen LogP contribution in [0.2, 0.25) is 5.02 Å². The molecule has 1 aromatic carbocycles. The van der Waals surface area contributed by atoms with Gasteiger partial charge in [-0.1, -0.05) is 11.6 Å². The van der Waals surface area contributed by atoms with Crippen molar-refractivity contribution < 1.29 is 14.3 Å². The van der Waals surface area contributed by atoms with Crippen LogP contribution in [0.5, 0.6) is 0 Å². The summed E-state index contributed by atoms with van der Waals surface area (Å²) in [7, 11) is 0. The molecule has 2 rings (SSSR count). The first-order valence-corrected chi connectivity index (χ1v) is 7.38. The van der Waals surface area contributed by atoms with Gasteiger partial charge in [-0.25, -0.2) is 5.43 Å². The Hall–Kier alpha value is -1.92. The van der Waals surface area contributed by atoms with Gasteiger partial charge in [0.2, 0.25) is 5.91 Å². The minimum absolute atomic E-state index is 0.00899. The molecule has 2 amide bonds. The summed E-state index contributed by atoms with van der Waals surface area (Å²) in [4.78, 5) is 25.6. The highest BCUT2D eigenvalue weighted by Crippen LogP contribution is 2.09. The molecule has 0 atom stereocenters. The second-order valence-electron chi connectivity index (χ2n) is 4.96. The molecule has 22 heavy (non-hydrogen) atoms. The summed E-state index contributed by atoms with van der Waals surface area (Å²) in [6.45, 7) is 4.04. The van der Waals surface area contributed by atoms with Crippen LogP contribution in [0, 0.1) is 0 Å². The van der Waals surface area contributed by atoms with Crippen LogP contribution in [-0.2, 0) is 9.53 Å². The Morgan fingerprint density at radius 3 is 2.55 bits per heavy atom. The molecule has 1 N–H and O–H groups in total. The van der Waals surface area contributed by atoms with Gasteiger partial charge in [-0.2, -0.15) is 5.10 Å². The van der Waals surface area contributed by atoms with Gasteiger partial charge in [0.25, 0.3) is 5.91 Å². The molecule has 118 valence electrons. The second kappa shape index (κ2) is 7.91. The molecule has 1 fully saturated rings. The molecule has 0 bridgehead atoms. The number of benzene rings is 1. The Balaban J connectivity index is 1.85. The average Bonchev–Trinajstić information content (AvgIpc) is 2.54. The zero-order chi connectivity index (χ0) is 15.9. The Morgan fingerprint density at radius 1 is 1.27 bits per heavy atom. The number of hydrogen-bond donors (Lipinski definition) is 1. The summed E-state index contributed by atoms with van der Waals surface area (Å²) >= 11 is 5.76. The van der Waals surface area contributed by atoms with E-state index in [1.54, 1.807) is 36.1 Å². The van der Waals surface area contributed by atoms with Gasteiger partial charge in [-0.15, -0.1) is 0 Å². The van der Waals surface area contributed by atoms with Gasteiger partial charge in [0.15, 0.2) is 0 Å². The van der Waals surface area contributed by atoms with E-state index in [0.29, 0.717) is 42.6 Å². The van der Waals surface area contributed by atoms with Crippen LogP contribution in [0.4, 0.5) is 0 Å². The van der Waals surface area contributed by atoms with E-state index in [4.69, 9.17) is 16.3 Å². The van der Waals surface area contributed by atoms with E-state index in [2.05, 4.69) is 10.5 Å². The van der Waals surface area contributed by atoms with E-state index in [-0.39, 0.29) is 18.2 Å². The maximum atomic E-state index is 12.0. The van der Waals surface area contributed by atoms with Crippen LogP contribution in [0.25, 0.3) is 0 Å². The van der Waals surface area contributed by atoms with Crippen LogP contribution < -0.4 is 5.43 Å². The molecule has 1 heterocycles. The number of rotatable bonds is 4. The van der Waals surface area contributed by atoms with Crippen molar-refractivity contribution in [2.45, 2.75) is 13.3 Å². The van der Waals surface area contributed by atoms with E-state index in [0.717, 1.165) is 0 Å². The zero-order valence-corrected chi connectivity index (χ0v) is 13.1. The highest BCUT2D eigenvalue weighted by molar-refractivity contribution is 6.30. The van der Waals surface area contributed by atoms with Crippen LogP contribution in [0.15, 0.2) is 29.4 Å². The lowest BCUT2D eigenvalue weighted by Crippen LogP contribution is -2.41. The maximum absolute atomic E-state index is 12.0. The highest BCUT2D eigenvalue weighted by Gasteiger charge is 2.17. The van der Waals surface area contributed by atoms with Gasteiger partial charge in [0, 0.05) is 29.4 Å². The SMILES string of the molecule is C/C(CC(=O)N1CCOCC1)=N/NC(=O)c1ccc(Cl)cc1. The molecule has 0 aromatic heterocycles. The third-order valence-electron chi connectivity index (χ3n) is 3.23. The minimum Gasteiger partial charge on any atom is -0.378 e. The number of hydrogen-bond acceptors (Lipinski definition) is 4. The molecule has 0 aliphatic carbocycles. The largest absolute Gasteiger partial charge is 0.378 e. The first kappa shape index (κ1) is 16.5. The standard InChI is InChI=1S/C15H18ClN3O3/c1-11(10-14(20)19-6-8-22-9-7-19)17-18-15(21)12-2-4-13(16)5-3-12/h2-5H,6-10H2,1H3,(H,18,21)/b17-11-. The third kappa shape index (κ3) is 4.82. The van der Waals surface area contributed by atoms with E-state index >= 15 is 0 Å². The number of hydrazone groups is 1. The Bertz CT molecular complexity index is 566. The summed E-state index contributed by atoms with van der Waals surface area (Å²) in [6.07, 6.45) is 0.181. The molecule has 7 heteroatoms. The van der Waals surface area contributed by atoms with Gasteiger partial charge in [0.05, 0.1) is 19.6 Å². The lowest BCUT2D eigenvalue weighted by molar-refractivity contribution is -0.133. The van der Waals surface area contributed by atoms with Crippen molar-refractivity contribution in [3.63, 3.8) is 0 Å². The fourth-order valence-corrected chi connectivity index (χ4v) is 2.12. The quantitative estimate of drug-likeness (QED) is 0.677. The summed E-state index contributed by atoms with van der Waals surface area (Å²) in [5, 5.41) is 4.53. The number of amides is 2. The van der Waals surface area contributed by atoms with Crippen molar-refractivity contribution in [2.75, 3.05) is 26.3 Å². The molecular formula is C15H18ClN3O3. The topological polar surface area (TPSA) is 71.0 Å². The number of ether oxygens (including phenoxy) is 1. The molecular weight excluding hydrogens is 306 g/mol. The minimum atomic E-state index is -0.338.